The number of para-hydroxylation sites is 1. The van der Waals surface area contributed by atoms with Crippen LogP contribution in [0.3, 0.4) is 0 Å². The number of nitrogens with one attached hydrogen (secondary N) is 1. The molecule has 0 spiro atoms. The van der Waals surface area contributed by atoms with Crippen LogP contribution in [-0.2, 0) is 18.4 Å². The van der Waals surface area contributed by atoms with Crippen molar-refractivity contribution in [1.29, 1.82) is 0 Å². The molecule has 0 aliphatic carbocycles. The van der Waals surface area contributed by atoms with Crippen LogP contribution >= 0.6 is 15.9 Å². The predicted molar refractivity (Wildman–Crippen MR) is 80.1 cm³/mol. The molecule has 0 unspecified atom stereocenters. The van der Waals surface area contributed by atoms with Gasteiger partial charge < -0.3 is 5.32 Å². The molecular formula is C13H16BrN5O. The number of rotatable bonds is 5. The van der Waals surface area contributed by atoms with Crippen molar-refractivity contribution in [3.63, 3.8) is 0 Å². The Morgan fingerprint density at radius 1 is 1.45 bits per heavy atom. The molecule has 20 heavy (non-hydrogen) atoms. The topological polar surface area (TPSA) is 63.1 Å². The lowest BCUT2D eigenvalue weighted by atomic mass is 10.3. The average Bonchev–Trinajstić information content (AvgIpc) is 2.77. The minimum atomic E-state index is -0.0664. The third-order valence-corrected chi connectivity index (χ3v) is 3.33. The average molecular weight is 338 g/mol. The molecule has 0 bridgehead atoms. The van der Waals surface area contributed by atoms with Crippen LogP contribution in [0.2, 0.25) is 0 Å². The van der Waals surface area contributed by atoms with E-state index in [-0.39, 0.29) is 12.5 Å². The molecule has 106 valence electrons. The maximum atomic E-state index is 12.0. The Hall–Kier alpha value is -1.73. The van der Waals surface area contributed by atoms with Crippen molar-refractivity contribution in [3.8, 4) is 0 Å². The van der Waals surface area contributed by atoms with E-state index in [1.165, 1.54) is 0 Å². The van der Waals surface area contributed by atoms with Gasteiger partial charge >= 0.3 is 0 Å². The number of carbonyl (C=O) groups is 1. The molecule has 0 fully saturated rings. The Bertz CT molecular complexity index is 598. The van der Waals surface area contributed by atoms with Crippen molar-refractivity contribution in [2.75, 3.05) is 18.9 Å². The number of benzene rings is 1. The van der Waals surface area contributed by atoms with Crippen molar-refractivity contribution in [1.82, 2.24) is 19.9 Å². The number of anilines is 1. The largest absolute Gasteiger partial charge is 0.324 e. The minimum absolute atomic E-state index is 0.0664. The lowest BCUT2D eigenvalue weighted by Gasteiger charge is -2.15. The van der Waals surface area contributed by atoms with E-state index in [1.807, 2.05) is 49.5 Å². The van der Waals surface area contributed by atoms with E-state index < -0.39 is 0 Å². The number of hydrogen-bond acceptors (Lipinski definition) is 4. The van der Waals surface area contributed by atoms with Crippen LogP contribution in [0.15, 0.2) is 34.9 Å². The molecular weight excluding hydrogens is 322 g/mol. The SMILES string of the molecule is CN(CC(=O)Nc1ccccc1Br)Cc1cn(C)nn1. The summed E-state index contributed by atoms with van der Waals surface area (Å²) < 4.78 is 2.51. The number of hydrogen-bond donors (Lipinski definition) is 1. The molecule has 7 heteroatoms. The van der Waals surface area contributed by atoms with Crippen LogP contribution < -0.4 is 5.32 Å². The highest BCUT2D eigenvalue weighted by molar-refractivity contribution is 9.10. The Kier molecular flexibility index (Phi) is 4.86. The first-order valence-corrected chi connectivity index (χ1v) is 6.92. The van der Waals surface area contributed by atoms with E-state index >= 15 is 0 Å². The van der Waals surface area contributed by atoms with Gasteiger partial charge in [-0.25, -0.2) is 0 Å². The fourth-order valence-electron chi connectivity index (χ4n) is 1.80. The maximum Gasteiger partial charge on any atom is 0.238 e. The molecule has 0 saturated heterocycles. The van der Waals surface area contributed by atoms with Gasteiger partial charge in [0, 0.05) is 24.3 Å². The summed E-state index contributed by atoms with van der Waals surface area (Å²) in [7, 11) is 3.68. The number of carbonyl (C=O) groups excluding carboxylic acids is 1. The van der Waals surface area contributed by atoms with E-state index in [0.717, 1.165) is 15.9 Å². The quantitative estimate of drug-likeness (QED) is 0.900. The summed E-state index contributed by atoms with van der Waals surface area (Å²) in [6.45, 7) is 0.870. The first kappa shape index (κ1) is 14.7. The number of aromatic nitrogens is 3. The fourth-order valence-corrected chi connectivity index (χ4v) is 2.18. The highest BCUT2D eigenvalue weighted by atomic mass is 79.9. The summed E-state index contributed by atoms with van der Waals surface area (Å²) in [6.07, 6.45) is 1.84. The Balaban J connectivity index is 1.86. The monoisotopic (exact) mass is 337 g/mol. The molecule has 1 N–H and O–H groups in total. The number of halogens is 1. The zero-order chi connectivity index (χ0) is 14.5. The maximum absolute atomic E-state index is 12.0. The molecule has 1 aromatic heterocycles. The molecule has 1 heterocycles. The van der Waals surface area contributed by atoms with Crippen molar-refractivity contribution < 1.29 is 4.79 Å². The summed E-state index contributed by atoms with van der Waals surface area (Å²) in [6, 6.07) is 7.52. The van der Waals surface area contributed by atoms with Gasteiger partial charge in [-0.15, -0.1) is 5.10 Å². The zero-order valence-electron chi connectivity index (χ0n) is 11.4. The van der Waals surface area contributed by atoms with Gasteiger partial charge in [0.2, 0.25) is 5.91 Å². The normalized spacial score (nSPS) is 10.8. The Labute approximate surface area is 125 Å². The second-order valence-corrected chi connectivity index (χ2v) is 5.44. The summed E-state index contributed by atoms with van der Waals surface area (Å²) >= 11 is 3.40. The van der Waals surface area contributed by atoms with Crippen LogP contribution in [0.4, 0.5) is 5.69 Å². The Morgan fingerprint density at radius 3 is 2.85 bits per heavy atom. The van der Waals surface area contributed by atoms with Gasteiger partial charge in [-0.05, 0) is 35.1 Å². The van der Waals surface area contributed by atoms with Crippen molar-refractivity contribution >= 4 is 27.5 Å². The number of amides is 1. The predicted octanol–water partition coefficient (Wildman–Crippen LogP) is 1.65. The second kappa shape index (κ2) is 6.62. The first-order valence-electron chi connectivity index (χ1n) is 6.12. The molecule has 0 aliphatic heterocycles. The van der Waals surface area contributed by atoms with Crippen LogP contribution in [-0.4, -0.2) is 39.4 Å². The number of likely N-dealkylation sites (N-methyl/N-ethyl adjacent to an activating group) is 1. The summed E-state index contributed by atoms with van der Waals surface area (Å²) in [5.74, 6) is -0.0664. The molecule has 2 aromatic rings. The Morgan fingerprint density at radius 2 is 2.20 bits per heavy atom. The van der Waals surface area contributed by atoms with Crippen molar-refractivity contribution in [3.05, 3.63) is 40.6 Å². The molecule has 2 rings (SSSR count). The molecule has 0 radical (unpaired) electrons. The number of aryl methyl sites for hydroxylation is 1. The summed E-state index contributed by atoms with van der Waals surface area (Å²) in [4.78, 5) is 13.8. The first-order chi connectivity index (χ1) is 9.54. The van der Waals surface area contributed by atoms with Crippen molar-refractivity contribution in [2.45, 2.75) is 6.54 Å². The smallest absolute Gasteiger partial charge is 0.238 e. The van der Waals surface area contributed by atoms with Gasteiger partial charge in [0.25, 0.3) is 0 Å². The molecule has 6 nitrogen and oxygen atoms in total. The lowest BCUT2D eigenvalue weighted by Crippen LogP contribution is -2.30. The molecule has 0 atom stereocenters. The number of nitrogens with zero attached hydrogens (tertiary/aromatic N) is 4. The highest BCUT2D eigenvalue weighted by Gasteiger charge is 2.10. The molecule has 0 aliphatic rings. The second-order valence-electron chi connectivity index (χ2n) is 4.58. The lowest BCUT2D eigenvalue weighted by molar-refractivity contribution is -0.117. The van der Waals surface area contributed by atoms with Gasteiger partial charge in [0.15, 0.2) is 0 Å². The fraction of sp³-hybridized carbons (Fsp3) is 0.308. The van der Waals surface area contributed by atoms with Gasteiger partial charge in [-0.1, -0.05) is 17.3 Å². The zero-order valence-corrected chi connectivity index (χ0v) is 13.0. The highest BCUT2D eigenvalue weighted by Crippen LogP contribution is 2.20. The van der Waals surface area contributed by atoms with E-state index in [2.05, 4.69) is 31.6 Å². The van der Waals surface area contributed by atoms with E-state index in [0.29, 0.717) is 6.54 Å². The standard InChI is InChI=1S/C13H16BrN5O/c1-18(7-10-8-19(2)17-16-10)9-13(20)15-12-6-4-3-5-11(12)14/h3-6,8H,7,9H2,1-2H3,(H,15,20). The van der Waals surface area contributed by atoms with Crippen molar-refractivity contribution in [2.24, 2.45) is 7.05 Å². The van der Waals surface area contributed by atoms with E-state index in [9.17, 15) is 4.79 Å². The van der Waals surface area contributed by atoms with Gasteiger partial charge in [-0.2, -0.15) is 0 Å². The van der Waals surface area contributed by atoms with Crippen LogP contribution in [0.25, 0.3) is 0 Å². The third kappa shape index (κ3) is 4.14. The molecule has 1 aromatic carbocycles. The van der Waals surface area contributed by atoms with E-state index in [1.54, 1.807) is 4.68 Å². The van der Waals surface area contributed by atoms with E-state index in [4.69, 9.17) is 0 Å². The third-order valence-electron chi connectivity index (χ3n) is 2.64. The van der Waals surface area contributed by atoms with Gasteiger partial charge in [0.05, 0.1) is 17.9 Å². The van der Waals surface area contributed by atoms with Crippen LogP contribution in [0.5, 0.6) is 0 Å². The minimum Gasteiger partial charge on any atom is -0.324 e. The molecule has 0 saturated carbocycles. The summed E-state index contributed by atoms with van der Waals surface area (Å²) in [5.41, 5.74) is 1.61. The van der Waals surface area contributed by atoms with Crippen LogP contribution in [0.1, 0.15) is 5.69 Å². The molecule has 1 amide bonds. The summed E-state index contributed by atoms with van der Waals surface area (Å²) in [5, 5.41) is 10.7. The van der Waals surface area contributed by atoms with Crippen LogP contribution in [0, 0.1) is 0 Å². The van der Waals surface area contributed by atoms with Gasteiger partial charge in [0.1, 0.15) is 0 Å². The van der Waals surface area contributed by atoms with Gasteiger partial charge in [-0.3, -0.25) is 14.4 Å².